The van der Waals surface area contributed by atoms with Crippen molar-refractivity contribution in [1.29, 1.82) is 0 Å². The van der Waals surface area contributed by atoms with Crippen molar-refractivity contribution >= 4 is 29.7 Å². The van der Waals surface area contributed by atoms with E-state index < -0.39 is 0 Å². The second kappa shape index (κ2) is 7.20. The van der Waals surface area contributed by atoms with Crippen LogP contribution in [0.25, 0.3) is 5.70 Å². The van der Waals surface area contributed by atoms with E-state index in [1.807, 2.05) is 24.2 Å². The van der Waals surface area contributed by atoms with Crippen molar-refractivity contribution in [3.05, 3.63) is 35.5 Å². The minimum atomic E-state index is 0.104. The van der Waals surface area contributed by atoms with Gasteiger partial charge in [0.15, 0.2) is 0 Å². The van der Waals surface area contributed by atoms with Crippen LogP contribution in [0.15, 0.2) is 18.5 Å². The Bertz CT molecular complexity index is 911. The number of hydrogen-bond acceptors (Lipinski definition) is 6. The number of likely N-dealkylation sites (tertiary alicyclic amines) is 1. The summed E-state index contributed by atoms with van der Waals surface area (Å²) in [5.41, 5.74) is 2.83. The van der Waals surface area contributed by atoms with Gasteiger partial charge >= 0.3 is 0 Å². The molecule has 1 N–H and O–H groups in total. The van der Waals surface area contributed by atoms with Gasteiger partial charge in [-0.2, -0.15) is 0 Å². The Hall–Kier alpha value is -2.42. The molecule has 2 aromatic rings. The molecule has 28 heavy (non-hydrogen) atoms. The topological polar surface area (TPSA) is 73.1 Å². The zero-order chi connectivity index (χ0) is 19.1. The first-order valence-electron chi connectivity index (χ1n) is 10.0. The molecule has 1 amide bonds. The van der Waals surface area contributed by atoms with Crippen LogP contribution in [0.2, 0.25) is 0 Å². The summed E-state index contributed by atoms with van der Waals surface area (Å²) in [7, 11) is 2.02. The minimum Gasteiger partial charge on any atom is -0.357 e. The molecule has 0 bridgehead atoms. The quantitative estimate of drug-likeness (QED) is 0.780. The number of aromatic amines is 1. The highest BCUT2D eigenvalue weighted by atomic mass is 32.2. The summed E-state index contributed by atoms with van der Waals surface area (Å²) in [6, 6.07) is 1.95. The highest BCUT2D eigenvalue weighted by Gasteiger charge is 2.29. The molecule has 5 heterocycles. The first kappa shape index (κ1) is 17.7. The van der Waals surface area contributed by atoms with Crippen molar-refractivity contribution in [2.24, 2.45) is 0 Å². The molecule has 1 saturated heterocycles. The van der Waals surface area contributed by atoms with E-state index in [0.717, 1.165) is 61.9 Å². The molecule has 0 aliphatic carbocycles. The molecule has 0 unspecified atom stereocenters. The lowest BCUT2D eigenvalue weighted by Gasteiger charge is -2.18. The van der Waals surface area contributed by atoms with Gasteiger partial charge in [0, 0.05) is 51.1 Å². The number of hydrogen-bond donors (Lipinski definition) is 1. The molecule has 0 radical (unpaired) electrons. The van der Waals surface area contributed by atoms with Crippen molar-refractivity contribution in [2.45, 2.75) is 45.1 Å². The Morgan fingerprint density at radius 1 is 1.14 bits per heavy atom. The zero-order valence-electron chi connectivity index (χ0n) is 16.1. The van der Waals surface area contributed by atoms with Crippen LogP contribution in [-0.4, -0.2) is 55.0 Å². The molecular weight excluding hydrogens is 374 g/mol. The predicted molar refractivity (Wildman–Crippen MR) is 109 cm³/mol. The van der Waals surface area contributed by atoms with Crippen LogP contribution >= 0.6 is 12.1 Å². The summed E-state index contributed by atoms with van der Waals surface area (Å²) in [6.07, 6.45) is 10.8. The Morgan fingerprint density at radius 2 is 1.96 bits per heavy atom. The molecule has 5 rings (SSSR count). The summed E-state index contributed by atoms with van der Waals surface area (Å²) >= 11 is 1.59. The van der Waals surface area contributed by atoms with Crippen LogP contribution in [-0.2, 0) is 13.0 Å². The standard InChI is InChI=1S/C19H25N7OS/c1-23(19-22-21-17-7-3-2-4-10-25(17)19)28-26-13-16(26)14-11-15(20-12-14)18(27)24-8-5-6-9-24/h11-13,20H,2-10H2,1H3. The van der Waals surface area contributed by atoms with Crippen LogP contribution in [0.5, 0.6) is 0 Å². The van der Waals surface area contributed by atoms with Crippen LogP contribution < -0.4 is 4.31 Å². The maximum absolute atomic E-state index is 12.5. The third-order valence-electron chi connectivity index (χ3n) is 5.59. The molecule has 0 atom stereocenters. The van der Waals surface area contributed by atoms with E-state index in [2.05, 4.69) is 34.6 Å². The molecule has 2 aromatic heterocycles. The number of aromatic nitrogens is 4. The summed E-state index contributed by atoms with van der Waals surface area (Å²) in [5, 5.41) is 8.78. The average Bonchev–Trinajstić information content (AvgIpc) is 3.11. The molecule has 0 spiro atoms. The van der Waals surface area contributed by atoms with E-state index in [1.54, 1.807) is 12.1 Å². The van der Waals surface area contributed by atoms with Crippen LogP contribution in [0, 0.1) is 0 Å². The smallest absolute Gasteiger partial charge is 0.270 e. The van der Waals surface area contributed by atoms with E-state index in [-0.39, 0.29) is 5.91 Å². The molecule has 1 fully saturated rings. The minimum absolute atomic E-state index is 0.104. The van der Waals surface area contributed by atoms with Gasteiger partial charge in [-0.25, -0.2) is 0 Å². The van der Waals surface area contributed by atoms with Crippen LogP contribution in [0.4, 0.5) is 5.95 Å². The summed E-state index contributed by atoms with van der Waals surface area (Å²) < 4.78 is 6.41. The first-order valence-corrected chi connectivity index (χ1v) is 10.8. The zero-order valence-corrected chi connectivity index (χ0v) is 16.9. The molecule has 9 heteroatoms. The number of anilines is 1. The number of nitrogens with one attached hydrogen (secondary N) is 1. The van der Waals surface area contributed by atoms with Gasteiger partial charge in [-0.1, -0.05) is 6.42 Å². The monoisotopic (exact) mass is 399 g/mol. The Balaban J connectivity index is 1.22. The summed E-state index contributed by atoms with van der Waals surface area (Å²) in [6.45, 7) is 2.72. The second-order valence-electron chi connectivity index (χ2n) is 7.60. The van der Waals surface area contributed by atoms with Gasteiger partial charge in [0.05, 0.1) is 17.8 Å². The van der Waals surface area contributed by atoms with E-state index in [0.29, 0.717) is 5.69 Å². The first-order chi connectivity index (χ1) is 13.7. The molecule has 148 valence electrons. The lowest BCUT2D eigenvalue weighted by atomic mass is 10.2. The van der Waals surface area contributed by atoms with Crippen molar-refractivity contribution < 1.29 is 4.79 Å². The average molecular weight is 400 g/mol. The fourth-order valence-electron chi connectivity index (χ4n) is 3.98. The summed E-state index contributed by atoms with van der Waals surface area (Å²) in [5.74, 6) is 2.10. The van der Waals surface area contributed by atoms with Gasteiger partial charge in [0.25, 0.3) is 5.91 Å². The van der Waals surface area contributed by atoms with Crippen LogP contribution in [0.1, 0.15) is 54.0 Å². The Kier molecular flexibility index (Phi) is 4.54. The Labute approximate surface area is 168 Å². The van der Waals surface area contributed by atoms with E-state index >= 15 is 0 Å². The fraction of sp³-hybridized carbons (Fsp3) is 0.526. The predicted octanol–water partition coefficient (Wildman–Crippen LogP) is 2.88. The number of fused-ring (bicyclic) bond motifs is 1. The third kappa shape index (κ3) is 3.28. The number of amides is 1. The van der Waals surface area contributed by atoms with Gasteiger partial charge in [0.2, 0.25) is 5.95 Å². The van der Waals surface area contributed by atoms with E-state index in [1.165, 1.54) is 19.3 Å². The fourth-order valence-corrected chi connectivity index (χ4v) is 4.79. The maximum atomic E-state index is 12.5. The van der Waals surface area contributed by atoms with Gasteiger partial charge in [-0.05, 0) is 31.7 Å². The van der Waals surface area contributed by atoms with Crippen molar-refractivity contribution in [2.75, 3.05) is 24.4 Å². The largest absolute Gasteiger partial charge is 0.357 e. The van der Waals surface area contributed by atoms with E-state index in [9.17, 15) is 4.79 Å². The Morgan fingerprint density at radius 3 is 2.82 bits per heavy atom. The maximum Gasteiger partial charge on any atom is 0.270 e. The molecular formula is C19H25N7OS. The highest BCUT2D eigenvalue weighted by molar-refractivity contribution is 7.99. The van der Waals surface area contributed by atoms with E-state index in [4.69, 9.17) is 0 Å². The number of H-pyrrole nitrogens is 1. The lowest BCUT2D eigenvalue weighted by molar-refractivity contribution is 0.0787. The van der Waals surface area contributed by atoms with Gasteiger partial charge < -0.3 is 9.88 Å². The van der Waals surface area contributed by atoms with Crippen molar-refractivity contribution in [1.82, 2.24) is 29.0 Å². The number of carbonyl (C=O) groups excluding carboxylic acids is 1. The molecule has 3 aliphatic heterocycles. The molecule has 3 aliphatic rings. The van der Waals surface area contributed by atoms with Crippen LogP contribution in [0.3, 0.4) is 0 Å². The van der Waals surface area contributed by atoms with Crippen molar-refractivity contribution in [3.63, 3.8) is 0 Å². The molecule has 0 aromatic carbocycles. The highest BCUT2D eigenvalue weighted by Crippen LogP contribution is 2.41. The number of aryl methyl sites for hydroxylation is 1. The molecule has 8 nitrogen and oxygen atoms in total. The van der Waals surface area contributed by atoms with Gasteiger partial charge in [-0.3, -0.25) is 18.0 Å². The number of rotatable bonds is 5. The SMILES string of the molecule is CN(SN1C=C1c1c[nH]c(C(=O)N2CCCC2)c1)c1nnc2n1CCCCC2. The van der Waals surface area contributed by atoms with Gasteiger partial charge in [-0.15, -0.1) is 10.2 Å². The number of nitrogens with zero attached hydrogens (tertiary/aromatic N) is 6. The normalized spacial score (nSPS) is 18.7. The van der Waals surface area contributed by atoms with Crippen molar-refractivity contribution in [3.8, 4) is 0 Å². The lowest BCUT2D eigenvalue weighted by Crippen LogP contribution is -2.27. The summed E-state index contributed by atoms with van der Waals surface area (Å²) in [4.78, 5) is 17.6. The second-order valence-corrected chi connectivity index (χ2v) is 8.70. The third-order valence-corrected chi connectivity index (χ3v) is 6.48. The number of carbonyl (C=O) groups is 1. The van der Waals surface area contributed by atoms with Gasteiger partial charge in [0.1, 0.15) is 11.5 Å². The molecule has 0 saturated carbocycles.